The molecule has 1 aromatic carbocycles. The van der Waals surface area contributed by atoms with Gasteiger partial charge in [0.25, 0.3) is 5.91 Å². The van der Waals surface area contributed by atoms with Crippen molar-refractivity contribution in [3.63, 3.8) is 0 Å². The first-order chi connectivity index (χ1) is 14.5. The monoisotopic (exact) mass is 403 g/mol. The number of aromatic nitrogens is 3. The number of carbonyl (C=O) groups is 1. The molecule has 7 heteroatoms. The first-order valence-electron chi connectivity index (χ1n) is 10.4. The first-order valence-corrected chi connectivity index (χ1v) is 10.4. The van der Waals surface area contributed by atoms with Gasteiger partial charge in [-0.15, -0.1) is 0 Å². The molecule has 4 aromatic rings. The molecule has 3 aromatic heterocycles. The summed E-state index contributed by atoms with van der Waals surface area (Å²) in [5, 5.41) is 0. The van der Waals surface area contributed by atoms with E-state index in [-0.39, 0.29) is 5.91 Å². The number of amides is 1. The molecule has 4 heterocycles. The Morgan fingerprint density at radius 1 is 1.07 bits per heavy atom. The van der Waals surface area contributed by atoms with Crippen LogP contribution in [0.25, 0.3) is 27.9 Å². The Bertz CT molecular complexity index is 1230. The molecular formula is C23H25N5O2. The summed E-state index contributed by atoms with van der Waals surface area (Å²) in [5.74, 6) is 0.684. The zero-order valence-corrected chi connectivity index (χ0v) is 17.5. The third-order valence-electron chi connectivity index (χ3n) is 5.88. The number of hydrogen-bond acceptors (Lipinski definition) is 5. The van der Waals surface area contributed by atoms with E-state index in [1.165, 1.54) is 0 Å². The van der Waals surface area contributed by atoms with Crippen LogP contribution in [0.3, 0.4) is 0 Å². The normalized spacial score (nSPS) is 15.5. The predicted molar refractivity (Wildman–Crippen MR) is 116 cm³/mol. The number of carbonyl (C=O) groups excluding carboxylic acids is 1. The van der Waals surface area contributed by atoms with E-state index in [4.69, 9.17) is 4.42 Å². The van der Waals surface area contributed by atoms with E-state index >= 15 is 0 Å². The second-order valence-corrected chi connectivity index (χ2v) is 8.13. The van der Waals surface area contributed by atoms with Gasteiger partial charge >= 0.3 is 0 Å². The van der Waals surface area contributed by atoms with Crippen molar-refractivity contribution in [2.75, 3.05) is 26.2 Å². The summed E-state index contributed by atoms with van der Waals surface area (Å²) in [4.78, 5) is 26.4. The first kappa shape index (κ1) is 18.8. The molecule has 1 fully saturated rings. The van der Waals surface area contributed by atoms with Crippen LogP contribution in [0.4, 0.5) is 0 Å². The molecule has 0 unspecified atom stereocenters. The molecule has 1 aliphatic rings. The lowest BCUT2D eigenvalue weighted by atomic mass is 10.1. The van der Waals surface area contributed by atoms with Crippen molar-refractivity contribution in [1.29, 1.82) is 0 Å². The van der Waals surface area contributed by atoms with Gasteiger partial charge in [0, 0.05) is 45.3 Å². The summed E-state index contributed by atoms with van der Waals surface area (Å²) in [6.07, 6.45) is 3.66. The highest BCUT2D eigenvalue weighted by atomic mass is 16.3. The van der Waals surface area contributed by atoms with Gasteiger partial charge < -0.3 is 9.32 Å². The summed E-state index contributed by atoms with van der Waals surface area (Å²) < 4.78 is 7.47. The minimum atomic E-state index is 0.0330. The van der Waals surface area contributed by atoms with Gasteiger partial charge in [0.05, 0.1) is 6.20 Å². The SMILES string of the molecule is Cc1nc2cc(-c3ccc4ncc(C(=O)N5CCN(C(C)C)CC5)n4c3)ccc2o1. The molecule has 5 rings (SSSR count). The van der Waals surface area contributed by atoms with Crippen LogP contribution in [0.5, 0.6) is 0 Å². The fraction of sp³-hybridized carbons (Fsp3) is 0.348. The highest BCUT2D eigenvalue weighted by Crippen LogP contribution is 2.26. The molecule has 0 spiro atoms. The molecule has 0 bridgehead atoms. The summed E-state index contributed by atoms with van der Waals surface area (Å²) in [7, 11) is 0. The number of aryl methyl sites for hydroxylation is 1. The fourth-order valence-electron chi connectivity index (χ4n) is 4.14. The largest absolute Gasteiger partial charge is 0.441 e. The summed E-state index contributed by atoms with van der Waals surface area (Å²) in [5.41, 5.74) is 4.99. The predicted octanol–water partition coefficient (Wildman–Crippen LogP) is 3.62. The Morgan fingerprint density at radius 2 is 1.83 bits per heavy atom. The number of hydrogen-bond donors (Lipinski definition) is 0. The van der Waals surface area contributed by atoms with Crippen molar-refractivity contribution in [1.82, 2.24) is 24.2 Å². The summed E-state index contributed by atoms with van der Waals surface area (Å²) >= 11 is 0. The average Bonchev–Trinajstić information content (AvgIpc) is 3.34. The lowest BCUT2D eigenvalue weighted by Gasteiger charge is -2.36. The van der Waals surface area contributed by atoms with Crippen molar-refractivity contribution in [3.05, 3.63) is 54.3 Å². The topological polar surface area (TPSA) is 66.9 Å². The second kappa shape index (κ2) is 7.25. The Kier molecular flexibility index (Phi) is 4.55. The third-order valence-corrected chi connectivity index (χ3v) is 5.88. The number of pyridine rings is 1. The zero-order chi connectivity index (χ0) is 20.8. The van der Waals surface area contributed by atoms with Crippen molar-refractivity contribution in [2.24, 2.45) is 0 Å². The maximum Gasteiger partial charge on any atom is 0.272 e. The van der Waals surface area contributed by atoms with Crippen LogP contribution < -0.4 is 0 Å². The number of benzene rings is 1. The number of rotatable bonds is 3. The van der Waals surface area contributed by atoms with Crippen molar-refractivity contribution in [3.8, 4) is 11.1 Å². The van der Waals surface area contributed by atoms with Gasteiger partial charge in [-0.1, -0.05) is 6.07 Å². The number of fused-ring (bicyclic) bond motifs is 2. The molecular weight excluding hydrogens is 378 g/mol. The Hall–Kier alpha value is -3.19. The van der Waals surface area contributed by atoms with Crippen LogP contribution in [0, 0.1) is 6.92 Å². The van der Waals surface area contributed by atoms with Gasteiger partial charge in [-0.2, -0.15) is 0 Å². The van der Waals surface area contributed by atoms with Crippen LogP contribution in [-0.4, -0.2) is 62.3 Å². The molecule has 1 amide bonds. The van der Waals surface area contributed by atoms with Crippen LogP contribution >= 0.6 is 0 Å². The van der Waals surface area contributed by atoms with Crippen LogP contribution in [0.15, 0.2) is 47.1 Å². The Morgan fingerprint density at radius 3 is 2.60 bits per heavy atom. The fourth-order valence-corrected chi connectivity index (χ4v) is 4.14. The number of imidazole rings is 1. The minimum Gasteiger partial charge on any atom is -0.441 e. The van der Waals surface area contributed by atoms with Gasteiger partial charge in [0.15, 0.2) is 11.5 Å². The highest BCUT2D eigenvalue weighted by molar-refractivity contribution is 5.93. The van der Waals surface area contributed by atoms with Gasteiger partial charge in [0.1, 0.15) is 16.9 Å². The molecule has 0 saturated carbocycles. The van der Waals surface area contributed by atoms with Gasteiger partial charge in [-0.3, -0.25) is 14.1 Å². The van der Waals surface area contributed by atoms with Crippen LogP contribution in [0.1, 0.15) is 30.2 Å². The zero-order valence-electron chi connectivity index (χ0n) is 17.5. The molecule has 1 aliphatic heterocycles. The van der Waals surface area contributed by atoms with E-state index < -0.39 is 0 Å². The number of nitrogens with zero attached hydrogens (tertiary/aromatic N) is 5. The van der Waals surface area contributed by atoms with E-state index in [0.29, 0.717) is 17.6 Å². The molecule has 7 nitrogen and oxygen atoms in total. The minimum absolute atomic E-state index is 0.0330. The molecule has 30 heavy (non-hydrogen) atoms. The number of piperazine rings is 1. The van der Waals surface area contributed by atoms with E-state index in [0.717, 1.165) is 54.1 Å². The summed E-state index contributed by atoms with van der Waals surface area (Å²) in [6.45, 7) is 9.53. The van der Waals surface area contributed by atoms with E-state index in [1.807, 2.05) is 52.8 Å². The Balaban J connectivity index is 1.46. The average molecular weight is 403 g/mol. The molecule has 0 radical (unpaired) electrons. The van der Waals surface area contributed by atoms with E-state index in [9.17, 15) is 4.79 Å². The van der Waals surface area contributed by atoms with Gasteiger partial charge in [-0.05, 0) is 49.2 Å². The molecule has 0 atom stereocenters. The lowest BCUT2D eigenvalue weighted by molar-refractivity contribution is 0.0589. The summed E-state index contributed by atoms with van der Waals surface area (Å²) in [6, 6.07) is 10.4. The Labute approximate surface area is 174 Å². The van der Waals surface area contributed by atoms with Gasteiger partial charge in [-0.25, -0.2) is 9.97 Å². The second-order valence-electron chi connectivity index (χ2n) is 8.13. The molecule has 0 aliphatic carbocycles. The molecule has 154 valence electrons. The smallest absolute Gasteiger partial charge is 0.272 e. The van der Waals surface area contributed by atoms with Crippen LogP contribution in [0.2, 0.25) is 0 Å². The highest BCUT2D eigenvalue weighted by Gasteiger charge is 2.25. The van der Waals surface area contributed by atoms with E-state index in [2.05, 4.69) is 28.7 Å². The quantitative estimate of drug-likeness (QED) is 0.523. The maximum absolute atomic E-state index is 13.2. The van der Waals surface area contributed by atoms with Crippen molar-refractivity contribution < 1.29 is 9.21 Å². The van der Waals surface area contributed by atoms with E-state index in [1.54, 1.807) is 6.20 Å². The van der Waals surface area contributed by atoms with Crippen LogP contribution in [-0.2, 0) is 0 Å². The standard InChI is InChI=1S/C23H25N5O2/c1-15(2)26-8-10-27(11-9-26)23(29)20-13-24-22-7-5-18(14-28(20)22)17-4-6-21-19(12-17)25-16(3)30-21/h4-7,12-15H,8-11H2,1-3H3. The molecule has 0 N–H and O–H groups in total. The van der Waals surface area contributed by atoms with Gasteiger partial charge in [0.2, 0.25) is 0 Å². The number of oxazole rings is 1. The molecule has 1 saturated heterocycles. The lowest BCUT2D eigenvalue weighted by Crippen LogP contribution is -2.50. The maximum atomic E-state index is 13.2. The van der Waals surface area contributed by atoms with Crippen molar-refractivity contribution >= 4 is 22.7 Å². The third kappa shape index (κ3) is 3.25. The van der Waals surface area contributed by atoms with Crippen molar-refractivity contribution in [2.45, 2.75) is 26.8 Å².